The fourth-order valence-electron chi connectivity index (χ4n) is 1.39. The first-order chi connectivity index (χ1) is 8.58. The summed E-state index contributed by atoms with van der Waals surface area (Å²) < 4.78 is 2.44. The van der Waals surface area contributed by atoms with Crippen LogP contribution in [0.3, 0.4) is 0 Å². The number of halogens is 2. The summed E-state index contributed by atoms with van der Waals surface area (Å²) in [6, 6.07) is 5.06. The van der Waals surface area contributed by atoms with E-state index in [4.69, 9.17) is 11.6 Å². The summed E-state index contributed by atoms with van der Waals surface area (Å²) in [6.07, 6.45) is 1.58. The Hall–Kier alpha value is -1.40. The molecule has 0 bridgehead atoms. The number of hydrogen-bond donors (Lipinski definition) is 1. The molecule has 1 heterocycles. The van der Waals surface area contributed by atoms with Crippen LogP contribution in [-0.2, 0) is 13.6 Å². The molecule has 0 aliphatic carbocycles. The molecule has 0 saturated heterocycles. The average Bonchev–Trinajstić information content (AvgIpc) is 2.75. The fraction of sp³-hybridized carbons (Fsp3) is 0.182. The van der Waals surface area contributed by atoms with Crippen molar-refractivity contribution < 1.29 is 4.79 Å². The van der Waals surface area contributed by atoms with Gasteiger partial charge in [0, 0.05) is 16.5 Å². The molecule has 0 unspecified atom stereocenters. The van der Waals surface area contributed by atoms with Crippen molar-refractivity contribution in [2.24, 2.45) is 7.05 Å². The summed E-state index contributed by atoms with van der Waals surface area (Å²) >= 11 is 9.17. The monoisotopic (exact) mass is 328 g/mol. The lowest BCUT2D eigenvalue weighted by molar-refractivity contribution is 0.0949. The molecular formula is C11H10BrClN4O. The smallest absolute Gasteiger partial charge is 0.252 e. The van der Waals surface area contributed by atoms with Crippen molar-refractivity contribution in [1.29, 1.82) is 0 Å². The zero-order valence-electron chi connectivity index (χ0n) is 9.52. The maximum Gasteiger partial charge on any atom is 0.252 e. The second-order valence-electron chi connectivity index (χ2n) is 3.66. The zero-order valence-corrected chi connectivity index (χ0v) is 11.9. The molecule has 0 radical (unpaired) electrons. The van der Waals surface area contributed by atoms with E-state index in [1.807, 2.05) is 7.05 Å². The van der Waals surface area contributed by atoms with Crippen LogP contribution in [0.15, 0.2) is 29.0 Å². The number of aryl methyl sites for hydroxylation is 1. The number of nitrogens with one attached hydrogen (secondary N) is 1. The molecule has 2 rings (SSSR count). The van der Waals surface area contributed by atoms with Gasteiger partial charge in [-0.25, -0.2) is 0 Å². The lowest BCUT2D eigenvalue weighted by Crippen LogP contribution is -2.24. The average molecular weight is 330 g/mol. The molecule has 2 aromatic rings. The van der Waals surface area contributed by atoms with Crippen molar-refractivity contribution in [1.82, 2.24) is 20.1 Å². The number of rotatable bonds is 3. The predicted molar refractivity (Wildman–Crippen MR) is 71.3 cm³/mol. The van der Waals surface area contributed by atoms with Crippen LogP contribution in [0.1, 0.15) is 16.2 Å². The van der Waals surface area contributed by atoms with Gasteiger partial charge in [0.2, 0.25) is 0 Å². The topological polar surface area (TPSA) is 59.8 Å². The van der Waals surface area contributed by atoms with E-state index in [-0.39, 0.29) is 5.91 Å². The van der Waals surface area contributed by atoms with Crippen LogP contribution in [0, 0.1) is 0 Å². The first-order valence-corrected chi connectivity index (χ1v) is 6.31. The van der Waals surface area contributed by atoms with Crippen LogP contribution in [0.4, 0.5) is 0 Å². The number of carbonyl (C=O) groups is 1. The van der Waals surface area contributed by atoms with Crippen molar-refractivity contribution in [2.45, 2.75) is 6.54 Å². The Balaban J connectivity index is 2.08. The Morgan fingerprint density at radius 1 is 1.56 bits per heavy atom. The minimum atomic E-state index is -0.215. The molecule has 0 aliphatic heterocycles. The van der Waals surface area contributed by atoms with Crippen LogP contribution in [0.25, 0.3) is 0 Å². The van der Waals surface area contributed by atoms with Gasteiger partial charge in [-0.1, -0.05) is 11.6 Å². The Morgan fingerprint density at radius 2 is 2.33 bits per heavy atom. The van der Waals surface area contributed by atoms with Crippen LogP contribution in [0.2, 0.25) is 5.02 Å². The first-order valence-electron chi connectivity index (χ1n) is 5.14. The van der Waals surface area contributed by atoms with E-state index in [1.165, 1.54) is 0 Å². The molecule has 1 N–H and O–H groups in total. The molecule has 0 atom stereocenters. The van der Waals surface area contributed by atoms with Gasteiger partial charge in [0.15, 0.2) is 5.82 Å². The molecule has 1 amide bonds. The molecule has 1 aromatic carbocycles. The van der Waals surface area contributed by atoms with Crippen molar-refractivity contribution >= 4 is 33.4 Å². The van der Waals surface area contributed by atoms with Gasteiger partial charge in [0.05, 0.1) is 12.1 Å². The van der Waals surface area contributed by atoms with Crippen LogP contribution >= 0.6 is 27.5 Å². The molecule has 94 valence electrons. The molecule has 0 fully saturated rings. The van der Waals surface area contributed by atoms with Crippen molar-refractivity contribution in [2.75, 3.05) is 0 Å². The predicted octanol–water partition coefficient (Wildman–Crippen LogP) is 2.16. The lowest BCUT2D eigenvalue weighted by atomic mass is 10.2. The Kier molecular flexibility index (Phi) is 3.98. The van der Waals surface area contributed by atoms with Crippen LogP contribution in [-0.4, -0.2) is 20.7 Å². The molecule has 1 aromatic heterocycles. The molecular weight excluding hydrogens is 320 g/mol. The van der Waals surface area contributed by atoms with E-state index < -0.39 is 0 Å². The van der Waals surface area contributed by atoms with E-state index in [9.17, 15) is 4.79 Å². The third kappa shape index (κ3) is 2.88. The van der Waals surface area contributed by atoms with Crippen molar-refractivity contribution in [3.05, 3.63) is 45.4 Å². The summed E-state index contributed by atoms with van der Waals surface area (Å²) in [4.78, 5) is 12.0. The minimum Gasteiger partial charge on any atom is -0.345 e. The molecule has 18 heavy (non-hydrogen) atoms. The Labute approximate surface area is 117 Å². The lowest BCUT2D eigenvalue weighted by Gasteiger charge is -2.06. The van der Waals surface area contributed by atoms with Gasteiger partial charge in [0.1, 0.15) is 6.33 Å². The highest BCUT2D eigenvalue weighted by Gasteiger charge is 2.11. The van der Waals surface area contributed by atoms with Gasteiger partial charge in [0.25, 0.3) is 5.91 Å². The van der Waals surface area contributed by atoms with Gasteiger partial charge in [-0.3, -0.25) is 4.79 Å². The number of benzene rings is 1. The SMILES string of the molecule is Cn1cnnc1CNC(=O)c1cc(Cl)ccc1Br. The van der Waals surface area contributed by atoms with Gasteiger partial charge in [-0.2, -0.15) is 0 Å². The van der Waals surface area contributed by atoms with E-state index >= 15 is 0 Å². The van der Waals surface area contributed by atoms with Crippen molar-refractivity contribution in [3.8, 4) is 0 Å². The maximum absolute atomic E-state index is 12.0. The number of hydrogen-bond acceptors (Lipinski definition) is 3. The van der Waals surface area contributed by atoms with Gasteiger partial charge in [-0.15, -0.1) is 10.2 Å². The highest BCUT2D eigenvalue weighted by atomic mass is 79.9. The van der Waals surface area contributed by atoms with E-state index in [0.717, 1.165) is 0 Å². The molecule has 0 aliphatic rings. The number of carbonyl (C=O) groups excluding carboxylic acids is 1. The summed E-state index contributed by atoms with van der Waals surface area (Å²) in [5.41, 5.74) is 0.490. The van der Waals surface area contributed by atoms with Crippen LogP contribution in [0.5, 0.6) is 0 Å². The largest absolute Gasteiger partial charge is 0.345 e. The molecule has 0 saturated carbocycles. The first kappa shape index (κ1) is 13.0. The Morgan fingerprint density at radius 3 is 3.00 bits per heavy atom. The normalized spacial score (nSPS) is 10.4. The Bertz CT molecular complexity index is 584. The number of aromatic nitrogens is 3. The fourth-order valence-corrected chi connectivity index (χ4v) is 1.99. The zero-order chi connectivity index (χ0) is 13.1. The third-order valence-electron chi connectivity index (χ3n) is 2.39. The summed E-state index contributed by atoms with van der Waals surface area (Å²) in [5.74, 6) is 0.467. The highest BCUT2D eigenvalue weighted by molar-refractivity contribution is 9.10. The van der Waals surface area contributed by atoms with Crippen LogP contribution < -0.4 is 5.32 Å². The van der Waals surface area contributed by atoms with E-state index in [0.29, 0.717) is 27.4 Å². The van der Waals surface area contributed by atoms with E-state index in [2.05, 4.69) is 31.4 Å². The third-order valence-corrected chi connectivity index (χ3v) is 3.31. The van der Waals surface area contributed by atoms with E-state index in [1.54, 1.807) is 29.1 Å². The van der Waals surface area contributed by atoms with Gasteiger partial charge < -0.3 is 9.88 Å². The number of nitrogens with zero attached hydrogens (tertiary/aromatic N) is 3. The second-order valence-corrected chi connectivity index (χ2v) is 4.96. The number of amides is 1. The quantitative estimate of drug-likeness (QED) is 0.939. The summed E-state index contributed by atoms with van der Waals surface area (Å²) in [6.45, 7) is 0.314. The van der Waals surface area contributed by atoms with Gasteiger partial charge >= 0.3 is 0 Å². The summed E-state index contributed by atoms with van der Waals surface area (Å²) in [7, 11) is 1.82. The standard InChI is InChI=1S/C11H10BrClN4O/c1-17-6-15-16-10(17)5-14-11(18)8-4-7(13)2-3-9(8)12/h2-4,6H,5H2,1H3,(H,14,18). The summed E-state index contributed by atoms with van der Waals surface area (Å²) in [5, 5.41) is 10.9. The van der Waals surface area contributed by atoms with Gasteiger partial charge in [-0.05, 0) is 34.1 Å². The highest BCUT2D eigenvalue weighted by Crippen LogP contribution is 2.21. The molecule has 5 nitrogen and oxygen atoms in total. The second kappa shape index (κ2) is 5.49. The maximum atomic E-state index is 12.0. The molecule has 0 spiro atoms. The van der Waals surface area contributed by atoms with Crippen molar-refractivity contribution in [3.63, 3.8) is 0 Å². The molecule has 7 heteroatoms. The minimum absolute atomic E-state index is 0.215.